The molecule has 8 aromatic rings. The zero-order valence-corrected chi connectivity index (χ0v) is 31.1. The van der Waals surface area contributed by atoms with Gasteiger partial charge in [-0.1, -0.05) is 243 Å². The van der Waals surface area contributed by atoms with Crippen LogP contribution in [-0.4, -0.2) is 0 Å². The Labute approximate surface area is 324 Å². The van der Waals surface area contributed by atoms with Crippen molar-refractivity contribution in [3.63, 3.8) is 0 Å². The third-order valence-corrected chi connectivity index (χ3v) is 10.5. The lowest BCUT2D eigenvalue weighted by atomic mass is 10.1. The third kappa shape index (κ3) is 8.26. The summed E-state index contributed by atoms with van der Waals surface area (Å²) in [6.07, 6.45) is 17.4. The van der Waals surface area contributed by atoms with E-state index in [1.54, 1.807) is 0 Å². The van der Waals surface area contributed by atoms with Crippen LogP contribution in [0.3, 0.4) is 0 Å². The van der Waals surface area contributed by atoms with Gasteiger partial charge >= 0.3 is 0 Å². The van der Waals surface area contributed by atoms with E-state index in [1.165, 1.54) is 83.5 Å². The molecule has 0 radical (unpaired) electrons. The van der Waals surface area contributed by atoms with E-state index in [9.17, 15) is 0 Å². The Morgan fingerprint density at radius 1 is 0.107 bits per heavy atom. The Balaban J connectivity index is 1.12. The van der Waals surface area contributed by atoms with Crippen LogP contribution in [0.2, 0.25) is 0 Å². The number of hydrogen-bond donors (Lipinski definition) is 0. The summed E-state index contributed by atoms with van der Waals surface area (Å²) >= 11 is 0. The lowest BCUT2D eigenvalue weighted by molar-refractivity contribution is 1.42. The maximum Gasteiger partial charge on any atom is -0.0184 e. The molecule has 0 heteroatoms. The maximum atomic E-state index is 2.21. The van der Waals surface area contributed by atoms with Crippen LogP contribution in [0.25, 0.3) is 48.6 Å². The summed E-state index contributed by atoms with van der Waals surface area (Å²) in [5, 5.41) is 19.1. The molecule has 8 aromatic carbocycles. The van der Waals surface area contributed by atoms with E-state index in [-0.39, 0.29) is 0 Å². The van der Waals surface area contributed by atoms with Gasteiger partial charge in [-0.3, -0.25) is 0 Å². The van der Waals surface area contributed by atoms with Crippen molar-refractivity contribution in [2.24, 2.45) is 0 Å². The zero-order valence-electron chi connectivity index (χ0n) is 31.1. The van der Waals surface area contributed by atoms with Crippen LogP contribution in [0.4, 0.5) is 0 Å². The van der Waals surface area contributed by atoms with Gasteiger partial charge < -0.3 is 0 Å². The SMILES string of the molecule is C1=c2ccc(cc2)=CC=c2ccc(cc2)=c2ccc(cc2)=c2ccc(cc2)=CC=c2ccc(cc2)=CC=c2ccc(cc2)=c2ccc(cc2)=c2ccc(cc2)=C1. The van der Waals surface area contributed by atoms with Gasteiger partial charge in [-0.05, 0) is 83.5 Å². The Hall–Kier alpha value is -7.28. The standard InChI is InChI=1S/C56H40/c1-2-42-4-3-41(1)9-13-45-17-25-49(26-18-45)53-33-35-55(36-34-53)51-29-21-47(22-30-51)15-11-43-5-7-44(8-6-43)12-16-48-23-31-52(32-24-48)56-39-37-54(38-40-56)50-27-19-46(14-10-42)20-28-50/h1-40H. The zero-order chi connectivity index (χ0) is 37.5. The third-order valence-electron chi connectivity index (χ3n) is 10.5. The van der Waals surface area contributed by atoms with Crippen LogP contribution < -0.4 is 41.7 Å². The monoisotopic (exact) mass is 712 g/mol. The molecule has 0 heterocycles. The molecular weight excluding hydrogens is 673 g/mol. The Kier molecular flexibility index (Phi) is 9.84. The van der Waals surface area contributed by atoms with Crippen molar-refractivity contribution >= 4 is 48.6 Å². The predicted octanol–water partition coefficient (Wildman–Crippen LogP) is 6.19. The summed E-state index contributed by atoms with van der Waals surface area (Å²) in [6, 6.07) is 70.2. The summed E-state index contributed by atoms with van der Waals surface area (Å²) in [5.74, 6) is 0. The minimum atomic E-state index is 1.18. The highest BCUT2D eigenvalue weighted by atomic mass is 14.0. The first-order chi connectivity index (χ1) is 27.7. The molecule has 0 atom stereocenters. The average Bonchev–Trinajstić information content (AvgIpc) is 3.27. The highest BCUT2D eigenvalue weighted by Crippen LogP contribution is 2.02. The van der Waals surface area contributed by atoms with Crippen molar-refractivity contribution in [3.8, 4) is 0 Å². The van der Waals surface area contributed by atoms with Gasteiger partial charge in [0.1, 0.15) is 0 Å². The highest BCUT2D eigenvalue weighted by molar-refractivity contribution is 5.63. The Bertz CT molecular complexity index is 3030. The molecule has 0 aromatic heterocycles. The molecule has 56 heavy (non-hydrogen) atoms. The fourth-order valence-corrected chi connectivity index (χ4v) is 7.06. The normalized spacial score (nSPS) is 12.0. The second-order valence-electron chi connectivity index (χ2n) is 14.3. The predicted molar refractivity (Wildman–Crippen MR) is 235 cm³/mol. The van der Waals surface area contributed by atoms with Crippen molar-refractivity contribution in [3.05, 3.63) is 278 Å². The second kappa shape index (κ2) is 16.0. The molecule has 13 aliphatic carbocycles. The Morgan fingerprint density at radius 3 is 0.321 bits per heavy atom. The van der Waals surface area contributed by atoms with Gasteiger partial charge in [0.05, 0.1) is 0 Å². The van der Waals surface area contributed by atoms with Crippen LogP contribution in [0.1, 0.15) is 0 Å². The molecule has 0 fully saturated rings. The van der Waals surface area contributed by atoms with E-state index >= 15 is 0 Å². The molecular formula is C56H40. The molecule has 0 nitrogen and oxygen atoms in total. The quantitative estimate of drug-likeness (QED) is 0.176. The second-order valence-corrected chi connectivity index (χ2v) is 14.3. The molecule has 0 unspecified atom stereocenters. The van der Waals surface area contributed by atoms with Crippen LogP contribution in [-0.2, 0) is 0 Å². The molecule has 16 bridgehead atoms. The fourth-order valence-electron chi connectivity index (χ4n) is 7.06. The summed E-state index contributed by atoms with van der Waals surface area (Å²) in [4.78, 5) is 0. The molecule has 21 rings (SSSR count). The van der Waals surface area contributed by atoms with Gasteiger partial charge in [0.25, 0.3) is 0 Å². The molecule has 0 spiro atoms. The molecule has 13 aliphatic rings. The van der Waals surface area contributed by atoms with Crippen LogP contribution in [0.5, 0.6) is 0 Å². The van der Waals surface area contributed by atoms with Gasteiger partial charge in [0.2, 0.25) is 0 Å². The maximum absolute atomic E-state index is 2.21. The van der Waals surface area contributed by atoms with Gasteiger partial charge in [-0.15, -0.1) is 0 Å². The summed E-state index contributed by atoms with van der Waals surface area (Å²) in [7, 11) is 0. The van der Waals surface area contributed by atoms with Crippen molar-refractivity contribution in [1.82, 2.24) is 0 Å². The fraction of sp³-hybridized carbons (Fsp3) is 0. The smallest absolute Gasteiger partial charge is 0.0184 e. The Morgan fingerprint density at radius 2 is 0.196 bits per heavy atom. The number of hydrogen-bond acceptors (Lipinski definition) is 0. The average molecular weight is 713 g/mol. The number of benzene rings is 8. The van der Waals surface area contributed by atoms with E-state index < -0.39 is 0 Å². The van der Waals surface area contributed by atoms with Gasteiger partial charge in [0, 0.05) is 0 Å². The van der Waals surface area contributed by atoms with Crippen LogP contribution >= 0.6 is 0 Å². The van der Waals surface area contributed by atoms with Crippen LogP contribution in [0.15, 0.2) is 194 Å². The van der Waals surface area contributed by atoms with E-state index in [0.29, 0.717) is 0 Å². The van der Waals surface area contributed by atoms with Crippen molar-refractivity contribution < 1.29 is 0 Å². The lowest BCUT2D eigenvalue weighted by Gasteiger charge is -1.93. The van der Waals surface area contributed by atoms with E-state index in [2.05, 4.69) is 243 Å². The molecule has 0 N–H and O–H groups in total. The topological polar surface area (TPSA) is 0 Å². The lowest BCUT2D eigenvalue weighted by Crippen LogP contribution is -2.07. The summed E-state index contributed by atoms with van der Waals surface area (Å²) in [5.41, 5.74) is 0. The first kappa shape index (κ1) is 34.5. The molecule has 0 saturated heterocycles. The molecule has 264 valence electrons. The molecule has 0 amide bonds. The van der Waals surface area contributed by atoms with Crippen molar-refractivity contribution in [1.29, 1.82) is 0 Å². The van der Waals surface area contributed by atoms with Gasteiger partial charge in [0.15, 0.2) is 0 Å². The van der Waals surface area contributed by atoms with Crippen molar-refractivity contribution in [2.75, 3.05) is 0 Å². The minimum absolute atomic E-state index is 1.18. The number of rotatable bonds is 0. The highest BCUT2D eigenvalue weighted by Gasteiger charge is 1.90. The summed E-state index contributed by atoms with van der Waals surface area (Å²) < 4.78 is 0. The first-order valence-corrected chi connectivity index (χ1v) is 19.2. The largest absolute Gasteiger partial charge is 0.0544 e. The first-order valence-electron chi connectivity index (χ1n) is 19.2. The van der Waals surface area contributed by atoms with E-state index in [4.69, 9.17) is 0 Å². The van der Waals surface area contributed by atoms with Crippen LogP contribution in [0, 0.1) is 41.7 Å². The van der Waals surface area contributed by atoms with E-state index in [0.717, 1.165) is 0 Å². The minimum Gasteiger partial charge on any atom is -0.0544 e. The van der Waals surface area contributed by atoms with Crippen molar-refractivity contribution in [2.45, 2.75) is 0 Å². The summed E-state index contributed by atoms with van der Waals surface area (Å²) in [6.45, 7) is 0. The molecule has 0 saturated carbocycles. The molecule has 0 aliphatic heterocycles. The van der Waals surface area contributed by atoms with Gasteiger partial charge in [-0.25, -0.2) is 0 Å². The van der Waals surface area contributed by atoms with E-state index in [1.807, 2.05) is 0 Å². The van der Waals surface area contributed by atoms with Gasteiger partial charge in [-0.2, -0.15) is 0 Å².